The first-order chi connectivity index (χ1) is 10.6. The molecule has 1 aromatic carbocycles. The van der Waals surface area contributed by atoms with E-state index in [9.17, 15) is 4.79 Å². The molecule has 0 bridgehead atoms. The maximum absolute atomic E-state index is 12.2. The fraction of sp³-hybridized carbons (Fsp3) is 0.562. The summed E-state index contributed by atoms with van der Waals surface area (Å²) in [5, 5.41) is 1.28. The van der Waals surface area contributed by atoms with Crippen molar-refractivity contribution < 1.29 is 4.79 Å². The van der Waals surface area contributed by atoms with E-state index in [0.29, 0.717) is 15.8 Å². The summed E-state index contributed by atoms with van der Waals surface area (Å²) in [5.74, 6) is 0.738. The predicted molar refractivity (Wildman–Crippen MR) is 93.7 cm³/mol. The standard InChI is InChI=1S/C16H20Cl2N2OS/c17-12-4-5-13(14(18)10-12)16-20(15(21)11-22-16)9-8-19-6-2-1-3-7-19/h4-5,10,16H,1-3,6-9,11H2/t16-/m0/s1. The van der Waals surface area contributed by atoms with Crippen LogP contribution in [0.1, 0.15) is 30.2 Å². The molecular formula is C16H20Cl2N2OS. The van der Waals surface area contributed by atoms with Crippen LogP contribution in [0.4, 0.5) is 0 Å². The smallest absolute Gasteiger partial charge is 0.233 e. The van der Waals surface area contributed by atoms with Gasteiger partial charge in [0, 0.05) is 28.7 Å². The third-order valence-electron chi connectivity index (χ3n) is 4.30. The van der Waals surface area contributed by atoms with Gasteiger partial charge in [-0.2, -0.15) is 0 Å². The number of halogens is 2. The Morgan fingerprint density at radius 3 is 2.64 bits per heavy atom. The van der Waals surface area contributed by atoms with E-state index in [0.717, 1.165) is 31.7 Å². The molecule has 1 atom stereocenters. The first-order valence-corrected chi connectivity index (χ1v) is 9.54. The molecule has 3 rings (SSSR count). The molecule has 3 nitrogen and oxygen atoms in total. The lowest BCUT2D eigenvalue weighted by molar-refractivity contribution is -0.128. The second kappa shape index (κ2) is 7.43. The number of nitrogens with zero attached hydrogens (tertiary/aromatic N) is 2. The number of carbonyl (C=O) groups is 1. The van der Waals surface area contributed by atoms with Crippen molar-refractivity contribution in [3.05, 3.63) is 33.8 Å². The number of hydrogen-bond acceptors (Lipinski definition) is 3. The Hall–Kier alpha value is -0.420. The number of rotatable bonds is 4. The zero-order valence-corrected chi connectivity index (χ0v) is 14.8. The maximum atomic E-state index is 12.2. The molecule has 2 aliphatic heterocycles. The molecule has 6 heteroatoms. The highest BCUT2D eigenvalue weighted by atomic mass is 35.5. The lowest BCUT2D eigenvalue weighted by Gasteiger charge is -2.31. The number of hydrogen-bond donors (Lipinski definition) is 0. The molecule has 0 unspecified atom stereocenters. The molecule has 0 saturated carbocycles. The molecule has 1 amide bonds. The van der Waals surface area contributed by atoms with E-state index in [-0.39, 0.29) is 11.3 Å². The quantitative estimate of drug-likeness (QED) is 0.810. The van der Waals surface area contributed by atoms with Crippen molar-refractivity contribution in [1.29, 1.82) is 0 Å². The molecule has 0 aromatic heterocycles. The molecule has 0 spiro atoms. The highest BCUT2D eigenvalue weighted by Crippen LogP contribution is 2.41. The van der Waals surface area contributed by atoms with Gasteiger partial charge in [0.05, 0.1) is 5.75 Å². The topological polar surface area (TPSA) is 23.6 Å². The van der Waals surface area contributed by atoms with Gasteiger partial charge in [0.2, 0.25) is 5.91 Å². The van der Waals surface area contributed by atoms with Crippen LogP contribution in [0.25, 0.3) is 0 Å². The van der Waals surface area contributed by atoms with Crippen LogP contribution in [0.2, 0.25) is 10.0 Å². The van der Waals surface area contributed by atoms with E-state index < -0.39 is 0 Å². The minimum Gasteiger partial charge on any atom is -0.324 e. The second-order valence-electron chi connectivity index (χ2n) is 5.82. The first kappa shape index (κ1) is 16.4. The van der Waals surface area contributed by atoms with Crippen molar-refractivity contribution in [2.75, 3.05) is 31.9 Å². The summed E-state index contributed by atoms with van der Waals surface area (Å²) < 4.78 is 0. The summed E-state index contributed by atoms with van der Waals surface area (Å²) in [6, 6.07) is 5.54. The molecule has 2 heterocycles. The molecule has 2 saturated heterocycles. The predicted octanol–water partition coefficient (Wildman–Crippen LogP) is 4.05. The van der Waals surface area contributed by atoms with Crippen LogP contribution >= 0.6 is 35.0 Å². The molecule has 120 valence electrons. The van der Waals surface area contributed by atoms with Crippen molar-refractivity contribution in [3.63, 3.8) is 0 Å². The molecule has 22 heavy (non-hydrogen) atoms. The minimum atomic E-state index is 0.0158. The Labute approximate surface area is 145 Å². The summed E-state index contributed by atoms with van der Waals surface area (Å²) in [5.41, 5.74) is 0.987. The highest BCUT2D eigenvalue weighted by molar-refractivity contribution is 8.00. The normalized spacial score (nSPS) is 23.3. The number of carbonyl (C=O) groups excluding carboxylic acids is 1. The van der Waals surface area contributed by atoms with Crippen molar-refractivity contribution in [2.45, 2.75) is 24.6 Å². The summed E-state index contributed by atoms with van der Waals surface area (Å²) in [4.78, 5) is 16.7. The lowest BCUT2D eigenvalue weighted by Crippen LogP contribution is -2.39. The summed E-state index contributed by atoms with van der Waals surface area (Å²) >= 11 is 13.9. The monoisotopic (exact) mass is 358 g/mol. The molecule has 2 fully saturated rings. The van der Waals surface area contributed by atoms with Gasteiger partial charge in [-0.25, -0.2) is 0 Å². The molecule has 0 radical (unpaired) electrons. The van der Waals surface area contributed by atoms with Gasteiger partial charge >= 0.3 is 0 Å². The van der Waals surface area contributed by atoms with Crippen LogP contribution < -0.4 is 0 Å². The van der Waals surface area contributed by atoms with Gasteiger partial charge in [-0.1, -0.05) is 35.7 Å². The third-order valence-corrected chi connectivity index (χ3v) is 6.10. The van der Waals surface area contributed by atoms with Crippen LogP contribution in [0, 0.1) is 0 Å². The Bertz CT molecular complexity index is 549. The summed E-state index contributed by atoms with van der Waals surface area (Å²) in [7, 11) is 0. The number of piperidine rings is 1. The van der Waals surface area contributed by atoms with Gasteiger partial charge in [-0.3, -0.25) is 4.79 Å². The van der Waals surface area contributed by atoms with E-state index in [4.69, 9.17) is 23.2 Å². The van der Waals surface area contributed by atoms with Crippen molar-refractivity contribution in [3.8, 4) is 0 Å². The van der Waals surface area contributed by atoms with E-state index in [2.05, 4.69) is 4.90 Å². The minimum absolute atomic E-state index is 0.0158. The molecule has 2 aliphatic rings. The summed E-state index contributed by atoms with van der Waals surface area (Å²) in [6.07, 6.45) is 3.88. The Kier molecular flexibility index (Phi) is 5.55. The van der Waals surface area contributed by atoms with Gasteiger partial charge in [-0.05, 0) is 38.1 Å². The van der Waals surface area contributed by atoms with Crippen LogP contribution in [-0.4, -0.2) is 47.6 Å². The zero-order valence-electron chi connectivity index (χ0n) is 12.4. The molecule has 1 aromatic rings. The van der Waals surface area contributed by atoms with Crippen LogP contribution in [0.5, 0.6) is 0 Å². The first-order valence-electron chi connectivity index (χ1n) is 7.73. The van der Waals surface area contributed by atoms with E-state index in [1.165, 1.54) is 19.3 Å². The van der Waals surface area contributed by atoms with Crippen LogP contribution in [0.3, 0.4) is 0 Å². The van der Waals surface area contributed by atoms with E-state index in [1.807, 2.05) is 17.0 Å². The molecular weight excluding hydrogens is 339 g/mol. The highest BCUT2D eigenvalue weighted by Gasteiger charge is 2.34. The second-order valence-corrected chi connectivity index (χ2v) is 7.73. The molecule has 0 aliphatic carbocycles. The van der Waals surface area contributed by atoms with Crippen LogP contribution in [-0.2, 0) is 4.79 Å². The van der Waals surface area contributed by atoms with Gasteiger partial charge in [0.15, 0.2) is 0 Å². The zero-order chi connectivity index (χ0) is 15.5. The van der Waals surface area contributed by atoms with Gasteiger partial charge in [0.25, 0.3) is 0 Å². The Balaban J connectivity index is 1.68. The largest absolute Gasteiger partial charge is 0.324 e. The van der Waals surface area contributed by atoms with Gasteiger partial charge < -0.3 is 9.80 Å². The fourth-order valence-corrected chi connectivity index (χ4v) is 4.92. The van der Waals surface area contributed by atoms with E-state index in [1.54, 1.807) is 17.8 Å². The number of likely N-dealkylation sites (tertiary alicyclic amines) is 1. The van der Waals surface area contributed by atoms with E-state index >= 15 is 0 Å². The Morgan fingerprint density at radius 1 is 1.14 bits per heavy atom. The average Bonchev–Trinajstić information content (AvgIpc) is 2.87. The maximum Gasteiger partial charge on any atom is 0.233 e. The lowest BCUT2D eigenvalue weighted by atomic mass is 10.1. The van der Waals surface area contributed by atoms with Gasteiger partial charge in [-0.15, -0.1) is 11.8 Å². The number of amides is 1. The third kappa shape index (κ3) is 3.73. The van der Waals surface area contributed by atoms with Gasteiger partial charge in [0.1, 0.15) is 5.37 Å². The SMILES string of the molecule is O=C1CS[C@@H](c2ccc(Cl)cc2Cl)N1CCN1CCCCC1. The number of thioether (sulfide) groups is 1. The van der Waals surface area contributed by atoms with Crippen LogP contribution in [0.15, 0.2) is 18.2 Å². The summed E-state index contributed by atoms with van der Waals surface area (Å²) in [6.45, 7) is 4.03. The van der Waals surface area contributed by atoms with Crippen molar-refractivity contribution in [1.82, 2.24) is 9.80 Å². The molecule has 0 N–H and O–H groups in total. The van der Waals surface area contributed by atoms with Crippen molar-refractivity contribution in [2.24, 2.45) is 0 Å². The van der Waals surface area contributed by atoms with Crippen molar-refractivity contribution >= 4 is 40.9 Å². The fourth-order valence-electron chi connectivity index (χ4n) is 3.09. The average molecular weight is 359 g/mol. The number of benzene rings is 1. The Morgan fingerprint density at radius 2 is 1.91 bits per heavy atom.